The highest BCUT2D eigenvalue weighted by Gasteiger charge is 2.10. The predicted molar refractivity (Wildman–Crippen MR) is 99.7 cm³/mol. The molecule has 0 fully saturated rings. The van der Waals surface area contributed by atoms with Crippen LogP contribution in [0.3, 0.4) is 0 Å². The number of imidazole rings is 1. The van der Waals surface area contributed by atoms with Gasteiger partial charge in [0.2, 0.25) is 0 Å². The maximum absolute atomic E-state index is 12.2. The van der Waals surface area contributed by atoms with Gasteiger partial charge in [-0.05, 0) is 42.8 Å². The SMILES string of the molecule is C/C(=N\NC(=O)c1ccc(Cl)cc1Cl)c1ccc(-n2ccnc2)cc1. The molecule has 0 aliphatic heterocycles. The minimum absolute atomic E-state index is 0.280. The maximum atomic E-state index is 12.2. The molecule has 5 nitrogen and oxygen atoms in total. The van der Waals surface area contributed by atoms with E-state index in [2.05, 4.69) is 15.5 Å². The smallest absolute Gasteiger partial charge is 0.272 e. The number of halogens is 2. The Labute approximate surface area is 154 Å². The number of amides is 1. The number of aromatic nitrogens is 2. The van der Waals surface area contributed by atoms with Gasteiger partial charge in [-0.2, -0.15) is 5.10 Å². The summed E-state index contributed by atoms with van der Waals surface area (Å²) >= 11 is 11.9. The van der Waals surface area contributed by atoms with E-state index in [1.807, 2.05) is 42.0 Å². The largest absolute Gasteiger partial charge is 0.306 e. The van der Waals surface area contributed by atoms with Crippen molar-refractivity contribution >= 4 is 34.8 Å². The predicted octanol–water partition coefficient (Wildman–Crippen LogP) is 4.33. The highest BCUT2D eigenvalue weighted by atomic mass is 35.5. The molecule has 0 bridgehead atoms. The van der Waals surface area contributed by atoms with Gasteiger partial charge in [-0.15, -0.1) is 0 Å². The third kappa shape index (κ3) is 4.07. The lowest BCUT2D eigenvalue weighted by molar-refractivity contribution is 0.0955. The molecular formula is C18H14Cl2N4O. The number of nitrogens with one attached hydrogen (secondary N) is 1. The molecule has 7 heteroatoms. The summed E-state index contributed by atoms with van der Waals surface area (Å²) in [6.45, 7) is 1.82. The highest BCUT2D eigenvalue weighted by Crippen LogP contribution is 2.20. The summed E-state index contributed by atoms with van der Waals surface area (Å²) in [5.41, 5.74) is 5.39. The number of hydrazone groups is 1. The van der Waals surface area contributed by atoms with Gasteiger partial charge in [0.25, 0.3) is 5.91 Å². The van der Waals surface area contributed by atoms with Crippen LogP contribution in [0.25, 0.3) is 5.69 Å². The Kier molecular flexibility index (Phi) is 5.16. The van der Waals surface area contributed by atoms with E-state index >= 15 is 0 Å². The summed E-state index contributed by atoms with van der Waals surface area (Å²) in [6.07, 6.45) is 5.32. The fourth-order valence-electron chi connectivity index (χ4n) is 2.22. The first-order valence-corrected chi connectivity index (χ1v) is 8.18. The van der Waals surface area contributed by atoms with Crippen molar-refractivity contribution in [3.63, 3.8) is 0 Å². The molecule has 0 unspecified atom stereocenters. The number of hydrogen-bond acceptors (Lipinski definition) is 3. The topological polar surface area (TPSA) is 59.3 Å². The van der Waals surface area contributed by atoms with Gasteiger partial charge in [-0.25, -0.2) is 10.4 Å². The van der Waals surface area contributed by atoms with Crippen molar-refractivity contribution in [3.05, 3.63) is 82.4 Å². The molecule has 0 saturated carbocycles. The molecule has 126 valence electrons. The van der Waals surface area contributed by atoms with Crippen LogP contribution in [0.5, 0.6) is 0 Å². The summed E-state index contributed by atoms with van der Waals surface area (Å²) in [5.74, 6) is -0.393. The Bertz CT molecular complexity index is 919. The zero-order valence-corrected chi connectivity index (χ0v) is 14.8. The van der Waals surface area contributed by atoms with Crippen LogP contribution in [-0.2, 0) is 0 Å². The van der Waals surface area contributed by atoms with Crippen LogP contribution in [0, 0.1) is 0 Å². The molecule has 1 heterocycles. The van der Waals surface area contributed by atoms with Crippen LogP contribution in [0.1, 0.15) is 22.8 Å². The average molecular weight is 373 g/mol. The number of nitrogens with zero attached hydrogens (tertiary/aromatic N) is 3. The van der Waals surface area contributed by atoms with Gasteiger partial charge in [0.15, 0.2) is 0 Å². The molecule has 3 aromatic rings. The number of hydrogen-bond donors (Lipinski definition) is 1. The van der Waals surface area contributed by atoms with Gasteiger partial charge in [-0.3, -0.25) is 4.79 Å². The first kappa shape index (κ1) is 17.2. The third-order valence-electron chi connectivity index (χ3n) is 3.59. The number of carbonyl (C=O) groups excluding carboxylic acids is 1. The fraction of sp³-hybridized carbons (Fsp3) is 0.0556. The van der Waals surface area contributed by atoms with Crippen molar-refractivity contribution in [2.75, 3.05) is 0 Å². The van der Waals surface area contributed by atoms with Crippen LogP contribution in [0.15, 0.2) is 66.3 Å². The number of rotatable bonds is 4. The molecular weight excluding hydrogens is 359 g/mol. The Hall–Kier alpha value is -2.63. The summed E-state index contributed by atoms with van der Waals surface area (Å²) in [4.78, 5) is 16.2. The highest BCUT2D eigenvalue weighted by molar-refractivity contribution is 6.36. The van der Waals surface area contributed by atoms with Gasteiger partial charge in [0.05, 0.1) is 22.6 Å². The van der Waals surface area contributed by atoms with E-state index < -0.39 is 5.91 Å². The van der Waals surface area contributed by atoms with Crippen LogP contribution in [0.4, 0.5) is 0 Å². The van der Waals surface area contributed by atoms with E-state index in [1.54, 1.807) is 24.7 Å². The lowest BCUT2D eigenvalue weighted by Gasteiger charge is -2.06. The first-order chi connectivity index (χ1) is 12.0. The van der Waals surface area contributed by atoms with Crippen molar-refractivity contribution in [2.45, 2.75) is 6.92 Å². The Morgan fingerprint density at radius 1 is 1.16 bits per heavy atom. The van der Waals surface area contributed by atoms with E-state index in [1.165, 1.54) is 6.07 Å². The van der Waals surface area contributed by atoms with Crippen molar-refractivity contribution in [1.82, 2.24) is 15.0 Å². The molecule has 25 heavy (non-hydrogen) atoms. The summed E-state index contributed by atoms with van der Waals surface area (Å²) in [5, 5.41) is 4.88. The zero-order valence-electron chi connectivity index (χ0n) is 13.3. The number of carbonyl (C=O) groups is 1. The minimum atomic E-state index is -0.393. The Morgan fingerprint density at radius 3 is 2.56 bits per heavy atom. The molecule has 1 amide bonds. The molecule has 0 atom stereocenters. The molecule has 0 spiro atoms. The second kappa shape index (κ2) is 7.51. The molecule has 0 radical (unpaired) electrons. The lowest BCUT2D eigenvalue weighted by atomic mass is 10.1. The van der Waals surface area contributed by atoms with Crippen molar-refractivity contribution in [2.24, 2.45) is 5.10 Å². The zero-order chi connectivity index (χ0) is 17.8. The molecule has 0 aliphatic rings. The fourth-order valence-corrected chi connectivity index (χ4v) is 2.71. The molecule has 3 rings (SSSR count). The van der Waals surface area contributed by atoms with Gasteiger partial charge in [-0.1, -0.05) is 35.3 Å². The van der Waals surface area contributed by atoms with Crippen molar-refractivity contribution < 1.29 is 4.79 Å². The van der Waals surface area contributed by atoms with Crippen molar-refractivity contribution in [1.29, 1.82) is 0 Å². The van der Waals surface area contributed by atoms with E-state index in [-0.39, 0.29) is 5.02 Å². The average Bonchev–Trinajstić information content (AvgIpc) is 3.14. The first-order valence-electron chi connectivity index (χ1n) is 7.43. The molecule has 0 saturated heterocycles. The quantitative estimate of drug-likeness (QED) is 0.547. The van der Waals surface area contributed by atoms with E-state index in [0.29, 0.717) is 16.3 Å². The van der Waals surface area contributed by atoms with Gasteiger partial charge >= 0.3 is 0 Å². The van der Waals surface area contributed by atoms with E-state index in [4.69, 9.17) is 23.2 Å². The maximum Gasteiger partial charge on any atom is 0.272 e. The lowest BCUT2D eigenvalue weighted by Crippen LogP contribution is -2.19. The normalized spacial score (nSPS) is 11.4. The van der Waals surface area contributed by atoms with E-state index in [0.717, 1.165) is 11.3 Å². The van der Waals surface area contributed by atoms with Gasteiger partial charge < -0.3 is 4.57 Å². The summed E-state index contributed by atoms with van der Waals surface area (Å²) in [6, 6.07) is 12.4. The summed E-state index contributed by atoms with van der Waals surface area (Å²) in [7, 11) is 0. The number of benzene rings is 2. The third-order valence-corrected chi connectivity index (χ3v) is 4.14. The Morgan fingerprint density at radius 2 is 1.92 bits per heavy atom. The van der Waals surface area contributed by atoms with Gasteiger partial charge in [0, 0.05) is 23.1 Å². The van der Waals surface area contributed by atoms with E-state index in [9.17, 15) is 4.79 Å². The second-order valence-corrected chi connectivity index (χ2v) is 6.12. The molecule has 0 aliphatic carbocycles. The van der Waals surface area contributed by atoms with Crippen LogP contribution < -0.4 is 5.43 Å². The molecule has 1 N–H and O–H groups in total. The van der Waals surface area contributed by atoms with Crippen molar-refractivity contribution in [3.8, 4) is 5.69 Å². The van der Waals surface area contributed by atoms with Crippen LogP contribution in [0.2, 0.25) is 10.0 Å². The van der Waals surface area contributed by atoms with Crippen LogP contribution in [-0.4, -0.2) is 21.2 Å². The monoisotopic (exact) mass is 372 g/mol. The van der Waals surface area contributed by atoms with Crippen LogP contribution >= 0.6 is 23.2 Å². The molecule has 2 aromatic carbocycles. The Balaban J connectivity index is 1.72. The summed E-state index contributed by atoms with van der Waals surface area (Å²) < 4.78 is 1.90. The standard InChI is InChI=1S/C18H14Cl2N4O/c1-12(13-2-5-15(6-3-13)24-9-8-21-11-24)22-23-18(25)16-7-4-14(19)10-17(16)20/h2-11H,1H3,(H,23,25)/b22-12+. The van der Waals surface area contributed by atoms with Gasteiger partial charge in [0.1, 0.15) is 0 Å². The second-order valence-electron chi connectivity index (χ2n) is 5.28. The molecule has 1 aromatic heterocycles. The minimum Gasteiger partial charge on any atom is -0.306 e.